The molecule has 23 heavy (non-hydrogen) atoms. The highest BCUT2D eigenvalue weighted by Crippen LogP contribution is 2.45. The molecule has 1 heterocycles. The largest absolute Gasteiger partial charge is 0.467 e. The van der Waals surface area contributed by atoms with Crippen molar-refractivity contribution in [3.05, 3.63) is 22.7 Å². The molecule has 1 aromatic rings. The van der Waals surface area contributed by atoms with Gasteiger partial charge in [0, 0.05) is 12.2 Å². The molecule has 0 aromatic carbocycles. The molecule has 0 radical (unpaired) electrons. The van der Waals surface area contributed by atoms with E-state index in [9.17, 15) is 23.9 Å². The summed E-state index contributed by atoms with van der Waals surface area (Å²) < 4.78 is 22.3. The Hall–Kier alpha value is -1.74. The Morgan fingerprint density at radius 1 is 1.52 bits per heavy atom. The molecular weight excluding hydrogens is 329 g/mol. The number of esters is 1. The second-order valence-corrected chi connectivity index (χ2v) is 6.88. The Morgan fingerprint density at radius 2 is 2.22 bits per heavy atom. The molecule has 0 saturated heterocycles. The summed E-state index contributed by atoms with van der Waals surface area (Å²) in [5.74, 6) is -2.98. The predicted octanol–water partition coefficient (Wildman–Crippen LogP) is -0.388. The first-order valence-corrected chi connectivity index (χ1v) is 8.53. The van der Waals surface area contributed by atoms with Crippen LogP contribution in [0.1, 0.15) is 25.3 Å². The second kappa shape index (κ2) is 6.79. The lowest BCUT2D eigenvalue weighted by molar-refractivity contribution is -0.152. The number of aromatic nitrogens is 2. The first-order valence-electron chi connectivity index (χ1n) is 6.85. The number of carbonyl (C=O) groups excluding carboxylic acids is 1. The van der Waals surface area contributed by atoms with Crippen molar-refractivity contribution in [2.45, 2.75) is 37.3 Å². The van der Waals surface area contributed by atoms with E-state index in [1.54, 1.807) is 0 Å². The molecule has 0 aliphatic heterocycles. The standard InChI is InChI=1S/C12H18N3O7P/c1-21-10(16)11(23(18,19)20)22-8-3-2-7(6-8)15-5-4-9(13)14-12(15)17/h4-5,7-8,11H,2-3,6H2,1H3,(H2,13,14,17)(H2,18,19,20)/t7-,8+,11?/m1/s1. The molecule has 0 spiro atoms. The summed E-state index contributed by atoms with van der Waals surface area (Å²) in [4.78, 5) is 45.3. The molecule has 2 rings (SSSR count). The molecule has 1 fully saturated rings. The lowest BCUT2D eigenvalue weighted by Crippen LogP contribution is -2.30. The zero-order chi connectivity index (χ0) is 17.2. The third kappa shape index (κ3) is 4.17. The zero-order valence-corrected chi connectivity index (χ0v) is 13.3. The van der Waals surface area contributed by atoms with E-state index in [2.05, 4.69) is 9.72 Å². The summed E-state index contributed by atoms with van der Waals surface area (Å²) in [5.41, 5.74) is 4.92. The van der Waals surface area contributed by atoms with E-state index in [-0.39, 0.29) is 11.9 Å². The van der Waals surface area contributed by atoms with Gasteiger partial charge in [-0.2, -0.15) is 4.98 Å². The fourth-order valence-electron chi connectivity index (χ4n) is 2.55. The van der Waals surface area contributed by atoms with Gasteiger partial charge in [0.2, 0.25) is 0 Å². The Balaban J connectivity index is 2.08. The van der Waals surface area contributed by atoms with Crippen molar-refractivity contribution >= 4 is 19.4 Å². The number of nitrogens with two attached hydrogens (primary N) is 1. The maximum absolute atomic E-state index is 11.8. The first kappa shape index (κ1) is 17.6. The monoisotopic (exact) mass is 347 g/mol. The predicted molar refractivity (Wildman–Crippen MR) is 78.5 cm³/mol. The quantitative estimate of drug-likeness (QED) is 0.477. The number of nitrogen functional groups attached to an aromatic ring is 1. The van der Waals surface area contributed by atoms with Crippen LogP contribution in [-0.2, 0) is 18.8 Å². The van der Waals surface area contributed by atoms with Gasteiger partial charge >= 0.3 is 19.3 Å². The molecule has 128 valence electrons. The van der Waals surface area contributed by atoms with Crippen molar-refractivity contribution in [3.8, 4) is 0 Å². The topological polar surface area (TPSA) is 154 Å². The third-order valence-corrected chi connectivity index (χ3v) is 4.57. The van der Waals surface area contributed by atoms with Crippen molar-refractivity contribution in [2.24, 2.45) is 0 Å². The molecule has 1 saturated carbocycles. The van der Waals surface area contributed by atoms with Gasteiger partial charge in [-0.1, -0.05) is 0 Å². The van der Waals surface area contributed by atoms with Crippen molar-refractivity contribution in [3.63, 3.8) is 0 Å². The Kier molecular flexibility index (Phi) is 5.20. The van der Waals surface area contributed by atoms with E-state index in [1.165, 1.54) is 16.8 Å². The number of ether oxygens (including phenoxy) is 2. The van der Waals surface area contributed by atoms with Crippen molar-refractivity contribution in [1.82, 2.24) is 9.55 Å². The number of hydrogen-bond donors (Lipinski definition) is 3. The van der Waals surface area contributed by atoms with Crippen LogP contribution in [0.3, 0.4) is 0 Å². The molecule has 1 aromatic heterocycles. The fraction of sp³-hybridized carbons (Fsp3) is 0.583. The summed E-state index contributed by atoms with van der Waals surface area (Å²) in [5, 5.41) is 0. The average molecular weight is 347 g/mol. The second-order valence-electron chi connectivity index (χ2n) is 5.23. The first-order chi connectivity index (χ1) is 10.7. The highest BCUT2D eigenvalue weighted by Gasteiger charge is 2.41. The van der Waals surface area contributed by atoms with Crippen LogP contribution in [0.25, 0.3) is 0 Å². The van der Waals surface area contributed by atoms with Crippen LogP contribution in [0.2, 0.25) is 0 Å². The van der Waals surface area contributed by atoms with Gasteiger partial charge in [0.1, 0.15) is 5.82 Å². The van der Waals surface area contributed by atoms with Gasteiger partial charge in [-0.05, 0) is 25.3 Å². The van der Waals surface area contributed by atoms with Crippen LogP contribution >= 0.6 is 7.60 Å². The van der Waals surface area contributed by atoms with Gasteiger partial charge in [0.15, 0.2) is 0 Å². The normalized spacial score (nSPS) is 22.7. The van der Waals surface area contributed by atoms with Crippen LogP contribution in [0.5, 0.6) is 0 Å². The van der Waals surface area contributed by atoms with Gasteiger partial charge in [-0.3, -0.25) is 9.13 Å². The van der Waals surface area contributed by atoms with Crippen molar-refractivity contribution in [2.75, 3.05) is 12.8 Å². The van der Waals surface area contributed by atoms with Crippen LogP contribution < -0.4 is 11.4 Å². The smallest absolute Gasteiger partial charge is 0.365 e. The molecule has 1 aliphatic rings. The summed E-state index contributed by atoms with van der Waals surface area (Å²) >= 11 is 0. The van der Waals surface area contributed by atoms with Crippen LogP contribution in [0.15, 0.2) is 17.1 Å². The summed E-state index contributed by atoms with van der Waals surface area (Å²) in [6.45, 7) is 0. The van der Waals surface area contributed by atoms with E-state index in [1.807, 2.05) is 0 Å². The molecular formula is C12H18N3O7P. The van der Waals surface area contributed by atoms with E-state index >= 15 is 0 Å². The number of carbonyl (C=O) groups is 1. The summed E-state index contributed by atoms with van der Waals surface area (Å²) in [6, 6.07) is 1.25. The molecule has 0 amide bonds. The summed E-state index contributed by atoms with van der Waals surface area (Å²) in [6.07, 6.45) is 2.23. The van der Waals surface area contributed by atoms with Gasteiger partial charge < -0.3 is 25.0 Å². The molecule has 10 nitrogen and oxygen atoms in total. The SMILES string of the molecule is COC(=O)C(O[C@H]1CC[C@@H](n2ccc(N)nc2=O)C1)P(=O)(O)O. The van der Waals surface area contributed by atoms with Gasteiger partial charge in [-0.15, -0.1) is 0 Å². The molecule has 1 aliphatic carbocycles. The fourth-order valence-corrected chi connectivity index (χ4v) is 3.26. The van der Waals surface area contributed by atoms with Crippen molar-refractivity contribution in [1.29, 1.82) is 0 Å². The zero-order valence-electron chi connectivity index (χ0n) is 12.4. The Morgan fingerprint density at radius 3 is 2.78 bits per heavy atom. The maximum atomic E-state index is 11.8. The van der Waals surface area contributed by atoms with Crippen molar-refractivity contribution < 1.29 is 28.6 Å². The number of rotatable bonds is 5. The minimum atomic E-state index is -4.80. The number of nitrogens with zero attached hydrogens (tertiary/aromatic N) is 2. The average Bonchev–Trinajstić information content (AvgIpc) is 2.91. The van der Waals surface area contributed by atoms with E-state index < -0.39 is 31.2 Å². The van der Waals surface area contributed by atoms with Crippen LogP contribution in [0.4, 0.5) is 5.82 Å². The molecule has 0 bridgehead atoms. The number of methoxy groups -OCH3 is 1. The highest BCUT2D eigenvalue weighted by atomic mass is 31.2. The number of anilines is 1. The molecule has 11 heteroatoms. The lowest BCUT2D eigenvalue weighted by Gasteiger charge is -2.21. The van der Waals surface area contributed by atoms with Gasteiger partial charge in [0.05, 0.1) is 13.2 Å². The van der Waals surface area contributed by atoms with Crippen LogP contribution in [0, 0.1) is 0 Å². The third-order valence-electron chi connectivity index (χ3n) is 3.63. The Bertz CT molecular complexity index is 685. The lowest BCUT2D eigenvalue weighted by atomic mass is 10.2. The minimum absolute atomic E-state index is 0.115. The van der Waals surface area contributed by atoms with E-state index in [4.69, 9.17) is 10.5 Å². The van der Waals surface area contributed by atoms with Gasteiger partial charge in [0.25, 0.3) is 5.85 Å². The highest BCUT2D eigenvalue weighted by molar-refractivity contribution is 7.53. The summed E-state index contributed by atoms with van der Waals surface area (Å²) in [7, 11) is -3.78. The van der Waals surface area contributed by atoms with E-state index in [0.717, 1.165) is 7.11 Å². The molecule has 3 atom stereocenters. The van der Waals surface area contributed by atoms with Crippen LogP contribution in [-0.4, -0.2) is 44.4 Å². The minimum Gasteiger partial charge on any atom is -0.467 e. The van der Waals surface area contributed by atoms with Gasteiger partial charge in [-0.25, -0.2) is 9.59 Å². The van der Waals surface area contributed by atoms with E-state index in [0.29, 0.717) is 19.3 Å². The molecule has 1 unspecified atom stereocenters. The maximum Gasteiger partial charge on any atom is 0.365 e. The molecule has 4 N–H and O–H groups in total. The Labute approximate surface area is 131 Å². The number of hydrogen-bond acceptors (Lipinski definition) is 7.